The number of rotatable bonds is 3. The molecule has 0 amide bonds. The largest absolute Gasteiger partial charge is 0.392 e. The van der Waals surface area contributed by atoms with Crippen molar-refractivity contribution in [3.05, 3.63) is 34.3 Å². The summed E-state index contributed by atoms with van der Waals surface area (Å²) in [6.07, 6.45) is 0.726. The van der Waals surface area contributed by atoms with E-state index in [1.807, 2.05) is 6.92 Å². The lowest BCUT2D eigenvalue weighted by atomic mass is 9.93. The molecule has 74 valence electrons. The zero-order valence-corrected chi connectivity index (χ0v) is 8.75. The molecule has 1 unspecified atom stereocenters. The highest BCUT2D eigenvalue weighted by Gasteiger charge is 2.12. The Labute approximate surface area is 88.7 Å². The van der Waals surface area contributed by atoms with E-state index in [1.165, 1.54) is 0 Å². The number of hydrogen-bond acceptors (Lipinski definition) is 2. The van der Waals surface area contributed by atoms with Crippen LogP contribution >= 0.6 is 11.6 Å². The second kappa shape index (κ2) is 4.99. The van der Waals surface area contributed by atoms with Crippen LogP contribution in [-0.2, 0) is 6.61 Å². The van der Waals surface area contributed by atoms with E-state index in [9.17, 15) is 0 Å². The van der Waals surface area contributed by atoms with E-state index in [0.29, 0.717) is 5.02 Å². The molecule has 1 rings (SSSR count). The van der Waals surface area contributed by atoms with Crippen LogP contribution in [0.1, 0.15) is 30.4 Å². The molecule has 0 saturated carbocycles. The van der Waals surface area contributed by atoms with Gasteiger partial charge in [-0.15, -0.1) is 0 Å². The van der Waals surface area contributed by atoms with Gasteiger partial charge in [0.2, 0.25) is 0 Å². The van der Waals surface area contributed by atoms with Gasteiger partial charge in [-0.1, -0.05) is 24.6 Å². The molecule has 1 N–H and O–H groups in total. The first kappa shape index (κ1) is 11.0. The fraction of sp³-hybridized carbons (Fsp3) is 0.364. The zero-order chi connectivity index (χ0) is 10.6. The van der Waals surface area contributed by atoms with E-state index in [1.54, 1.807) is 18.2 Å². The maximum absolute atomic E-state index is 9.10. The van der Waals surface area contributed by atoms with Gasteiger partial charge in [0.25, 0.3) is 0 Å². The van der Waals surface area contributed by atoms with Gasteiger partial charge in [0.05, 0.1) is 18.6 Å². The Morgan fingerprint density at radius 2 is 2.29 bits per heavy atom. The van der Waals surface area contributed by atoms with Crippen LogP contribution in [-0.4, -0.2) is 5.11 Å². The highest BCUT2D eigenvalue weighted by Crippen LogP contribution is 2.25. The zero-order valence-electron chi connectivity index (χ0n) is 8.00. The minimum atomic E-state index is -0.184. The van der Waals surface area contributed by atoms with Gasteiger partial charge in [0, 0.05) is 5.02 Å². The Bertz CT molecular complexity index is 357. The van der Waals surface area contributed by atoms with Crippen molar-refractivity contribution in [1.29, 1.82) is 5.26 Å². The van der Waals surface area contributed by atoms with Crippen molar-refractivity contribution < 1.29 is 5.11 Å². The summed E-state index contributed by atoms with van der Waals surface area (Å²) in [7, 11) is 0. The van der Waals surface area contributed by atoms with Crippen LogP contribution < -0.4 is 0 Å². The van der Waals surface area contributed by atoms with E-state index < -0.39 is 0 Å². The molecule has 1 atom stereocenters. The molecule has 0 bridgehead atoms. The molecule has 2 nitrogen and oxygen atoms in total. The van der Waals surface area contributed by atoms with E-state index in [-0.39, 0.29) is 12.5 Å². The van der Waals surface area contributed by atoms with E-state index in [2.05, 4.69) is 6.07 Å². The number of hydrogen-bond donors (Lipinski definition) is 1. The summed E-state index contributed by atoms with van der Waals surface area (Å²) in [5.74, 6) is -0.184. The Hall–Kier alpha value is -1.04. The van der Waals surface area contributed by atoms with Crippen molar-refractivity contribution in [2.24, 2.45) is 0 Å². The Morgan fingerprint density at radius 1 is 1.57 bits per heavy atom. The molecule has 0 saturated heterocycles. The lowest BCUT2D eigenvalue weighted by Crippen LogP contribution is -1.99. The average Bonchev–Trinajstić information content (AvgIpc) is 2.20. The van der Waals surface area contributed by atoms with Crippen molar-refractivity contribution in [3.8, 4) is 6.07 Å². The van der Waals surface area contributed by atoms with Crippen LogP contribution in [0, 0.1) is 11.3 Å². The smallest absolute Gasteiger partial charge is 0.0714 e. The van der Waals surface area contributed by atoms with Crippen LogP contribution in [0.3, 0.4) is 0 Å². The molecule has 0 aliphatic rings. The van der Waals surface area contributed by atoms with Gasteiger partial charge in [-0.2, -0.15) is 5.26 Å². The van der Waals surface area contributed by atoms with Crippen molar-refractivity contribution in [1.82, 2.24) is 0 Å². The summed E-state index contributed by atoms with van der Waals surface area (Å²) in [4.78, 5) is 0. The minimum Gasteiger partial charge on any atom is -0.392 e. The van der Waals surface area contributed by atoms with Crippen LogP contribution in [0.5, 0.6) is 0 Å². The molecule has 0 heterocycles. The molecule has 0 aliphatic carbocycles. The third kappa shape index (κ3) is 2.25. The molecule has 0 aliphatic heterocycles. The van der Waals surface area contributed by atoms with Gasteiger partial charge in [0.15, 0.2) is 0 Å². The highest BCUT2D eigenvalue weighted by atomic mass is 35.5. The number of benzene rings is 1. The van der Waals surface area contributed by atoms with Gasteiger partial charge in [-0.25, -0.2) is 0 Å². The molecule has 0 radical (unpaired) electrons. The predicted octanol–water partition coefficient (Wildman–Crippen LogP) is 2.85. The predicted molar refractivity (Wildman–Crippen MR) is 56.0 cm³/mol. The third-order valence-corrected chi connectivity index (χ3v) is 2.45. The Balaban J connectivity index is 3.16. The van der Waals surface area contributed by atoms with Crippen LogP contribution in [0.25, 0.3) is 0 Å². The SMILES string of the molecule is CCC(C#N)c1cc(Cl)ccc1CO. The molecular weight excluding hydrogens is 198 g/mol. The standard InChI is InChI=1S/C11H12ClNO/c1-2-8(6-13)11-5-10(12)4-3-9(11)7-14/h3-5,8,14H,2,7H2,1H3. The summed E-state index contributed by atoms with van der Waals surface area (Å²) < 4.78 is 0. The summed E-state index contributed by atoms with van der Waals surface area (Å²) in [6, 6.07) is 7.44. The fourth-order valence-electron chi connectivity index (χ4n) is 1.41. The molecule has 14 heavy (non-hydrogen) atoms. The van der Waals surface area contributed by atoms with Crippen molar-refractivity contribution in [3.63, 3.8) is 0 Å². The van der Waals surface area contributed by atoms with Crippen molar-refractivity contribution >= 4 is 11.6 Å². The summed E-state index contributed by atoms with van der Waals surface area (Å²) in [5, 5.41) is 18.6. The van der Waals surface area contributed by atoms with Crippen LogP contribution in [0.4, 0.5) is 0 Å². The third-order valence-electron chi connectivity index (χ3n) is 2.22. The number of nitriles is 1. The topological polar surface area (TPSA) is 44.0 Å². The Morgan fingerprint density at radius 3 is 2.79 bits per heavy atom. The van der Waals surface area contributed by atoms with Crippen LogP contribution in [0.2, 0.25) is 5.02 Å². The summed E-state index contributed by atoms with van der Waals surface area (Å²) >= 11 is 5.84. The second-order valence-electron chi connectivity index (χ2n) is 3.09. The first-order valence-electron chi connectivity index (χ1n) is 4.51. The number of nitrogens with zero attached hydrogens (tertiary/aromatic N) is 1. The number of aliphatic hydroxyl groups is 1. The molecular formula is C11H12ClNO. The minimum absolute atomic E-state index is 0.0509. The molecule has 0 fully saturated rings. The number of aliphatic hydroxyl groups excluding tert-OH is 1. The molecule has 0 spiro atoms. The van der Waals surface area contributed by atoms with E-state index >= 15 is 0 Å². The van der Waals surface area contributed by atoms with Gasteiger partial charge in [0.1, 0.15) is 0 Å². The molecule has 0 aromatic heterocycles. The second-order valence-corrected chi connectivity index (χ2v) is 3.53. The van der Waals surface area contributed by atoms with E-state index in [0.717, 1.165) is 17.5 Å². The molecule has 3 heteroatoms. The normalized spacial score (nSPS) is 12.1. The van der Waals surface area contributed by atoms with Gasteiger partial charge >= 0.3 is 0 Å². The lowest BCUT2D eigenvalue weighted by Gasteiger charge is -2.11. The number of halogens is 1. The lowest BCUT2D eigenvalue weighted by molar-refractivity contribution is 0.280. The average molecular weight is 210 g/mol. The monoisotopic (exact) mass is 209 g/mol. The highest BCUT2D eigenvalue weighted by molar-refractivity contribution is 6.30. The van der Waals surface area contributed by atoms with Crippen molar-refractivity contribution in [2.75, 3.05) is 0 Å². The van der Waals surface area contributed by atoms with E-state index in [4.69, 9.17) is 22.0 Å². The van der Waals surface area contributed by atoms with Crippen molar-refractivity contribution in [2.45, 2.75) is 25.9 Å². The summed E-state index contributed by atoms with van der Waals surface area (Å²) in [5.41, 5.74) is 1.62. The fourth-order valence-corrected chi connectivity index (χ4v) is 1.60. The summed E-state index contributed by atoms with van der Waals surface area (Å²) in [6.45, 7) is 1.89. The Kier molecular flexibility index (Phi) is 3.94. The van der Waals surface area contributed by atoms with Gasteiger partial charge in [-0.05, 0) is 29.7 Å². The molecule has 1 aromatic rings. The van der Waals surface area contributed by atoms with Crippen LogP contribution in [0.15, 0.2) is 18.2 Å². The quantitative estimate of drug-likeness (QED) is 0.832. The first-order valence-corrected chi connectivity index (χ1v) is 4.89. The first-order chi connectivity index (χ1) is 6.72. The maximum atomic E-state index is 9.10. The molecule has 1 aromatic carbocycles. The maximum Gasteiger partial charge on any atom is 0.0714 e. The van der Waals surface area contributed by atoms with Gasteiger partial charge < -0.3 is 5.11 Å². The van der Waals surface area contributed by atoms with Gasteiger partial charge in [-0.3, -0.25) is 0 Å².